The van der Waals surface area contributed by atoms with Crippen molar-refractivity contribution in [3.8, 4) is 39.1 Å². The van der Waals surface area contributed by atoms with Gasteiger partial charge in [0.1, 0.15) is 22.3 Å². The van der Waals surface area contributed by atoms with E-state index in [2.05, 4.69) is 168 Å². The van der Waals surface area contributed by atoms with Crippen LogP contribution in [0, 0.1) is 0 Å². The van der Waals surface area contributed by atoms with Crippen LogP contribution >= 0.6 is 0 Å². The molecule has 0 saturated carbocycles. The second-order valence-electron chi connectivity index (χ2n) is 13.3. The predicted molar refractivity (Wildman–Crippen MR) is 212 cm³/mol. The molecule has 51 heavy (non-hydrogen) atoms. The van der Waals surface area contributed by atoms with E-state index in [0.29, 0.717) is 0 Å². The number of fused-ring (bicyclic) bond motifs is 10. The molecule has 3 heteroatoms. The standard InChI is InChI=1S/C48H29NO2/c1-2-12-30(13-3-1)31-14-10-15-32(26-31)33-27-34(36-19-11-20-38-37-16-5-8-22-43(37)51-48(36)38)29-35(28-33)49-41-21-7-4-17-39(41)46-42(49)24-25-45-47(46)40-18-6-9-23-44(40)50-45/h1-29H. The van der Waals surface area contributed by atoms with Crippen molar-refractivity contribution >= 4 is 65.7 Å². The maximum Gasteiger partial charge on any atom is 0.143 e. The van der Waals surface area contributed by atoms with Crippen LogP contribution in [0.1, 0.15) is 0 Å². The van der Waals surface area contributed by atoms with Gasteiger partial charge in [-0.05, 0) is 82.4 Å². The van der Waals surface area contributed by atoms with Crippen molar-refractivity contribution in [2.75, 3.05) is 0 Å². The second-order valence-corrected chi connectivity index (χ2v) is 13.3. The van der Waals surface area contributed by atoms with Gasteiger partial charge in [-0.1, -0.05) is 121 Å². The van der Waals surface area contributed by atoms with Crippen LogP contribution < -0.4 is 0 Å². The van der Waals surface area contributed by atoms with Crippen LogP contribution in [-0.4, -0.2) is 4.57 Å². The summed E-state index contributed by atoms with van der Waals surface area (Å²) in [4.78, 5) is 0. The van der Waals surface area contributed by atoms with Crippen molar-refractivity contribution in [3.05, 3.63) is 176 Å². The Labute approximate surface area is 293 Å². The number of hydrogen-bond donors (Lipinski definition) is 0. The Bertz CT molecular complexity index is 3140. The van der Waals surface area contributed by atoms with E-state index in [9.17, 15) is 0 Å². The third-order valence-corrected chi connectivity index (χ3v) is 10.4. The first-order chi connectivity index (χ1) is 25.3. The lowest BCUT2D eigenvalue weighted by Gasteiger charge is -2.15. The third kappa shape index (κ3) is 4.25. The average Bonchev–Trinajstić information content (AvgIpc) is 3.87. The lowest BCUT2D eigenvalue weighted by molar-refractivity contribution is 0.669. The van der Waals surface area contributed by atoms with Gasteiger partial charge in [0.15, 0.2) is 0 Å². The molecule has 3 nitrogen and oxygen atoms in total. The van der Waals surface area contributed by atoms with Crippen molar-refractivity contribution in [3.63, 3.8) is 0 Å². The molecule has 0 aliphatic heterocycles. The largest absolute Gasteiger partial charge is 0.456 e. The Morgan fingerprint density at radius 1 is 0.333 bits per heavy atom. The molecule has 0 atom stereocenters. The third-order valence-electron chi connectivity index (χ3n) is 10.4. The highest BCUT2D eigenvalue weighted by Crippen LogP contribution is 2.43. The van der Waals surface area contributed by atoms with Gasteiger partial charge < -0.3 is 13.4 Å². The molecule has 3 heterocycles. The summed E-state index contributed by atoms with van der Waals surface area (Å²) < 4.78 is 15.4. The fraction of sp³-hybridized carbons (Fsp3) is 0. The monoisotopic (exact) mass is 651 g/mol. The first-order valence-corrected chi connectivity index (χ1v) is 17.3. The Morgan fingerprint density at radius 2 is 0.961 bits per heavy atom. The van der Waals surface area contributed by atoms with E-state index in [4.69, 9.17) is 8.83 Å². The van der Waals surface area contributed by atoms with Crippen molar-refractivity contribution in [2.45, 2.75) is 0 Å². The molecule has 0 fully saturated rings. The van der Waals surface area contributed by atoms with Gasteiger partial charge in [0.2, 0.25) is 0 Å². The molecule has 0 unspecified atom stereocenters. The van der Waals surface area contributed by atoms with Gasteiger partial charge in [-0.2, -0.15) is 0 Å². The quantitative estimate of drug-likeness (QED) is 0.190. The summed E-state index contributed by atoms with van der Waals surface area (Å²) in [6.07, 6.45) is 0. The number of benzene rings is 8. The lowest BCUT2D eigenvalue weighted by Crippen LogP contribution is -1.96. The minimum Gasteiger partial charge on any atom is -0.456 e. The molecule has 3 aromatic heterocycles. The smallest absolute Gasteiger partial charge is 0.143 e. The van der Waals surface area contributed by atoms with Crippen molar-refractivity contribution in [1.29, 1.82) is 0 Å². The van der Waals surface area contributed by atoms with Gasteiger partial charge >= 0.3 is 0 Å². The van der Waals surface area contributed by atoms with Crippen LogP contribution in [0.3, 0.4) is 0 Å². The molecule has 8 aromatic carbocycles. The molecule has 0 N–H and O–H groups in total. The minimum atomic E-state index is 0.894. The zero-order valence-electron chi connectivity index (χ0n) is 27.5. The summed E-state index contributed by atoms with van der Waals surface area (Å²) in [6, 6.07) is 62.6. The molecule has 0 amide bonds. The van der Waals surface area contributed by atoms with E-state index in [1.807, 2.05) is 12.1 Å². The first kappa shape index (κ1) is 28.0. The maximum atomic E-state index is 6.59. The minimum absolute atomic E-state index is 0.894. The maximum absolute atomic E-state index is 6.59. The highest BCUT2D eigenvalue weighted by atomic mass is 16.3. The lowest BCUT2D eigenvalue weighted by atomic mass is 9.94. The van der Waals surface area contributed by atoms with Gasteiger partial charge in [0.05, 0.1) is 11.0 Å². The highest BCUT2D eigenvalue weighted by molar-refractivity contribution is 6.27. The summed E-state index contributed by atoms with van der Waals surface area (Å²) in [5.74, 6) is 0. The van der Waals surface area contributed by atoms with Gasteiger partial charge in [0.25, 0.3) is 0 Å². The second kappa shape index (κ2) is 10.8. The summed E-state index contributed by atoms with van der Waals surface area (Å²) in [6.45, 7) is 0. The molecule has 238 valence electrons. The Morgan fingerprint density at radius 3 is 1.82 bits per heavy atom. The number of aromatic nitrogens is 1. The Kier molecular flexibility index (Phi) is 5.96. The fourth-order valence-electron chi connectivity index (χ4n) is 8.10. The molecule has 11 rings (SSSR count). The van der Waals surface area contributed by atoms with Crippen LogP contribution in [0.4, 0.5) is 0 Å². The normalized spacial score (nSPS) is 11.9. The predicted octanol–water partition coefficient (Wildman–Crippen LogP) is 13.6. The number of rotatable bonds is 4. The van der Waals surface area contributed by atoms with Crippen LogP contribution in [0.5, 0.6) is 0 Å². The van der Waals surface area contributed by atoms with Crippen molar-refractivity contribution in [2.24, 2.45) is 0 Å². The summed E-state index contributed by atoms with van der Waals surface area (Å²) >= 11 is 0. The first-order valence-electron chi connectivity index (χ1n) is 17.3. The summed E-state index contributed by atoms with van der Waals surface area (Å²) in [5.41, 5.74) is 13.8. The molecule has 0 radical (unpaired) electrons. The van der Waals surface area contributed by atoms with Crippen LogP contribution in [0.15, 0.2) is 185 Å². The van der Waals surface area contributed by atoms with E-state index in [-0.39, 0.29) is 0 Å². The molecule has 0 bridgehead atoms. The van der Waals surface area contributed by atoms with Crippen LogP contribution in [0.2, 0.25) is 0 Å². The van der Waals surface area contributed by atoms with Crippen molar-refractivity contribution in [1.82, 2.24) is 4.57 Å². The van der Waals surface area contributed by atoms with Gasteiger partial charge in [-0.25, -0.2) is 0 Å². The van der Waals surface area contributed by atoms with Crippen LogP contribution in [-0.2, 0) is 0 Å². The topological polar surface area (TPSA) is 31.2 Å². The van der Waals surface area contributed by atoms with E-state index in [1.54, 1.807) is 0 Å². The van der Waals surface area contributed by atoms with Gasteiger partial charge in [-0.15, -0.1) is 0 Å². The fourth-order valence-corrected chi connectivity index (χ4v) is 8.10. The average molecular weight is 652 g/mol. The van der Waals surface area contributed by atoms with Gasteiger partial charge in [0, 0.05) is 43.6 Å². The molecule has 0 saturated heterocycles. The molecule has 0 aliphatic rings. The van der Waals surface area contributed by atoms with Gasteiger partial charge in [-0.3, -0.25) is 0 Å². The summed E-state index contributed by atoms with van der Waals surface area (Å²) in [7, 11) is 0. The van der Waals surface area contributed by atoms with Crippen molar-refractivity contribution < 1.29 is 8.83 Å². The van der Waals surface area contributed by atoms with E-state index in [0.717, 1.165) is 82.9 Å². The van der Waals surface area contributed by atoms with Crippen LogP contribution in [0.25, 0.3) is 105 Å². The molecule has 0 spiro atoms. The number of para-hydroxylation sites is 4. The Balaban J connectivity index is 1.23. The summed E-state index contributed by atoms with van der Waals surface area (Å²) in [5, 5.41) is 6.92. The number of furan rings is 2. The highest BCUT2D eigenvalue weighted by Gasteiger charge is 2.20. The zero-order chi connectivity index (χ0) is 33.5. The van der Waals surface area contributed by atoms with E-state index in [1.165, 1.54) is 21.9 Å². The number of hydrogen-bond acceptors (Lipinski definition) is 2. The molecular weight excluding hydrogens is 623 g/mol. The van der Waals surface area contributed by atoms with E-state index < -0.39 is 0 Å². The molecule has 11 aromatic rings. The van der Waals surface area contributed by atoms with E-state index >= 15 is 0 Å². The molecule has 0 aliphatic carbocycles. The zero-order valence-corrected chi connectivity index (χ0v) is 27.5. The SMILES string of the molecule is c1ccc(-c2cccc(-c3cc(-c4cccc5c4oc4ccccc45)cc(-n4c5ccccc5c5c6c(ccc54)oc4ccccc46)c3)c2)cc1. The molecular formula is C48H29NO2. The Hall–Kier alpha value is -6.84. The number of nitrogens with zero attached hydrogens (tertiary/aromatic N) is 1.